The van der Waals surface area contributed by atoms with Gasteiger partial charge in [-0.2, -0.15) is 0 Å². The SMILES string of the molecule is CN(C)c1ncccc1-c1cncn1C. The number of hydrogen-bond donors (Lipinski definition) is 0. The summed E-state index contributed by atoms with van der Waals surface area (Å²) >= 11 is 0. The molecule has 0 saturated carbocycles. The molecule has 2 aromatic rings. The van der Waals surface area contributed by atoms with Crippen molar-refractivity contribution in [1.29, 1.82) is 0 Å². The minimum absolute atomic E-state index is 0.959. The molecule has 0 aliphatic heterocycles. The number of pyridine rings is 1. The molecule has 0 atom stereocenters. The molecule has 0 N–H and O–H groups in total. The summed E-state index contributed by atoms with van der Waals surface area (Å²) in [7, 11) is 5.96. The molecule has 2 rings (SSSR count). The molecule has 0 fully saturated rings. The zero-order chi connectivity index (χ0) is 10.8. The highest BCUT2D eigenvalue weighted by Gasteiger charge is 2.09. The van der Waals surface area contributed by atoms with Gasteiger partial charge < -0.3 is 9.47 Å². The molecule has 15 heavy (non-hydrogen) atoms. The summed E-state index contributed by atoms with van der Waals surface area (Å²) in [6, 6.07) is 3.99. The Balaban J connectivity index is 2.58. The summed E-state index contributed by atoms with van der Waals surface area (Å²) in [5.74, 6) is 0.959. The lowest BCUT2D eigenvalue weighted by Gasteiger charge is -2.15. The Bertz CT molecular complexity index is 459. The van der Waals surface area contributed by atoms with Crippen LogP contribution >= 0.6 is 0 Å². The van der Waals surface area contributed by atoms with Crippen molar-refractivity contribution in [2.75, 3.05) is 19.0 Å². The summed E-state index contributed by atoms with van der Waals surface area (Å²) in [6.45, 7) is 0. The standard InChI is InChI=1S/C11H14N4/c1-14(2)11-9(5-4-6-13-11)10-7-12-8-15(10)3/h4-8H,1-3H3. The second-order valence-electron chi connectivity index (χ2n) is 3.66. The minimum Gasteiger partial charge on any atom is -0.362 e. The maximum absolute atomic E-state index is 4.36. The lowest BCUT2D eigenvalue weighted by molar-refractivity contribution is 0.918. The number of hydrogen-bond acceptors (Lipinski definition) is 3. The maximum atomic E-state index is 4.36. The van der Waals surface area contributed by atoms with E-state index in [0.29, 0.717) is 0 Å². The Hall–Kier alpha value is -1.84. The van der Waals surface area contributed by atoms with Crippen molar-refractivity contribution in [2.24, 2.45) is 7.05 Å². The van der Waals surface area contributed by atoms with E-state index in [1.165, 1.54) is 0 Å². The fraction of sp³-hybridized carbons (Fsp3) is 0.273. The fourth-order valence-electron chi connectivity index (χ4n) is 1.57. The highest BCUT2D eigenvalue weighted by Crippen LogP contribution is 2.26. The van der Waals surface area contributed by atoms with Crippen LogP contribution in [0.25, 0.3) is 11.3 Å². The summed E-state index contributed by atoms with van der Waals surface area (Å²) in [5.41, 5.74) is 2.18. The molecule has 0 saturated heterocycles. The molecule has 0 unspecified atom stereocenters. The molecule has 0 bridgehead atoms. The van der Waals surface area contributed by atoms with Crippen molar-refractivity contribution >= 4 is 5.82 Å². The summed E-state index contributed by atoms with van der Waals surface area (Å²) in [6.07, 6.45) is 5.45. The highest BCUT2D eigenvalue weighted by molar-refractivity contribution is 5.72. The van der Waals surface area contributed by atoms with E-state index in [2.05, 4.69) is 16.0 Å². The second kappa shape index (κ2) is 3.73. The van der Waals surface area contributed by atoms with Gasteiger partial charge in [0.1, 0.15) is 5.82 Å². The van der Waals surface area contributed by atoms with Crippen LogP contribution in [0, 0.1) is 0 Å². The molecular formula is C11H14N4. The van der Waals surface area contributed by atoms with Gasteiger partial charge in [0, 0.05) is 32.9 Å². The van der Waals surface area contributed by atoms with Gasteiger partial charge in [0.2, 0.25) is 0 Å². The van der Waals surface area contributed by atoms with E-state index >= 15 is 0 Å². The number of aryl methyl sites for hydroxylation is 1. The molecule has 0 aliphatic rings. The van der Waals surface area contributed by atoms with Gasteiger partial charge in [-0.05, 0) is 12.1 Å². The Morgan fingerprint density at radius 1 is 1.33 bits per heavy atom. The average molecular weight is 202 g/mol. The van der Waals surface area contributed by atoms with Gasteiger partial charge in [0.05, 0.1) is 18.2 Å². The van der Waals surface area contributed by atoms with Crippen molar-refractivity contribution in [3.8, 4) is 11.3 Å². The Morgan fingerprint density at radius 3 is 2.73 bits per heavy atom. The summed E-state index contributed by atoms with van der Waals surface area (Å²) in [4.78, 5) is 10.5. The molecule has 2 heterocycles. The molecule has 0 radical (unpaired) electrons. The maximum Gasteiger partial charge on any atom is 0.137 e. The van der Waals surface area contributed by atoms with Crippen LogP contribution in [-0.2, 0) is 7.05 Å². The first-order valence-corrected chi connectivity index (χ1v) is 4.79. The fourth-order valence-corrected chi connectivity index (χ4v) is 1.57. The quantitative estimate of drug-likeness (QED) is 0.741. The van der Waals surface area contributed by atoms with E-state index in [1.54, 1.807) is 12.5 Å². The van der Waals surface area contributed by atoms with Gasteiger partial charge in [0.25, 0.3) is 0 Å². The van der Waals surface area contributed by atoms with Gasteiger partial charge in [0.15, 0.2) is 0 Å². The monoisotopic (exact) mass is 202 g/mol. The number of aromatic nitrogens is 3. The third-order valence-corrected chi connectivity index (χ3v) is 2.30. The Kier molecular flexibility index (Phi) is 2.41. The molecule has 0 amide bonds. The van der Waals surface area contributed by atoms with Crippen LogP contribution in [0.5, 0.6) is 0 Å². The van der Waals surface area contributed by atoms with E-state index < -0.39 is 0 Å². The average Bonchev–Trinajstić information content (AvgIpc) is 2.64. The number of anilines is 1. The lowest BCUT2D eigenvalue weighted by atomic mass is 10.2. The number of rotatable bonds is 2. The minimum atomic E-state index is 0.959. The third-order valence-electron chi connectivity index (χ3n) is 2.30. The first-order valence-electron chi connectivity index (χ1n) is 4.79. The molecule has 0 spiro atoms. The van der Waals surface area contributed by atoms with E-state index in [0.717, 1.165) is 17.1 Å². The van der Waals surface area contributed by atoms with Crippen molar-refractivity contribution in [1.82, 2.24) is 14.5 Å². The number of imidazole rings is 1. The van der Waals surface area contributed by atoms with E-state index in [4.69, 9.17) is 0 Å². The Labute approximate surface area is 89.2 Å². The third kappa shape index (κ3) is 1.70. The number of nitrogens with zero attached hydrogens (tertiary/aromatic N) is 4. The van der Waals surface area contributed by atoms with Crippen molar-refractivity contribution < 1.29 is 0 Å². The summed E-state index contributed by atoms with van der Waals surface area (Å²) in [5, 5.41) is 0. The first-order chi connectivity index (χ1) is 7.20. The summed E-state index contributed by atoms with van der Waals surface area (Å²) < 4.78 is 1.99. The van der Waals surface area contributed by atoms with Gasteiger partial charge in [-0.25, -0.2) is 9.97 Å². The van der Waals surface area contributed by atoms with Crippen molar-refractivity contribution in [3.63, 3.8) is 0 Å². The zero-order valence-electron chi connectivity index (χ0n) is 9.18. The zero-order valence-corrected chi connectivity index (χ0v) is 9.18. The largest absolute Gasteiger partial charge is 0.362 e. The molecule has 0 aromatic carbocycles. The van der Waals surface area contributed by atoms with Crippen LogP contribution in [0.4, 0.5) is 5.82 Å². The molecule has 0 aliphatic carbocycles. The van der Waals surface area contributed by atoms with Crippen LogP contribution in [0.2, 0.25) is 0 Å². The first kappa shape index (κ1) is 9.71. The van der Waals surface area contributed by atoms with Gasteiger partial charge in [-0.15, -0.1) is 0 Å². The molecular weight excluding hydrogens is 188 g/mol. The van der Waals surface area contributed by atoms with E-state index in [-0.39, 0.29) is 0 Å². The van der Waals surface area contributed by atoms with Gasteiger partial charge in [-0.1, -0.05) is 0 Å². The van der Waals surface area contributed by atoms with Crippen LogP contribution < -0.4 is 4.90 Å². The van der Waals surface area contributed by atoms with Gasteiger partial charge >= 0.3 is 0 Å². The van der Waals surface area contributed by atoms with Gasteiger partial charge in [-0.3, -0.25) is 0 Å². The normalized spacial score (nSPS) is 10.3. The molecule has 4 nitrogen and oxygen atoms in total. The van der Waals surface area contributed by atoms with E-state index in [1.807, 2.05) is 42.9 Å². The lowest BCUT2D eigenvalue weighted by Crippen LogP contribution is -2.12. The van der Waals surface area contributed by atoms with Crippen LogP contribution in [-0.4, -0.2) is 28.6 Å². The van der Waals surface area contributed by atoms with E-state index in [9.17, 15) is 0 Å². The van der Waals surface area contributed by atoms with Crippen LogP contribution in [0.1, 0.15) is 0 Å². The predicted octanol–water partition coefficient (Wildman–Crippen LogP) is 1.55. The second-order valence-corrected chi connectivity index (χ2v) is 3.66. The van der Waals surface area contributed by atoms with Crippen molar-refractivity contribution in [3.05, 3.63) is 30.9 Å². The molecule has 2 aromatic heterocycles. The van der Waals surface area contributed by atoms with Crippen LogP contribution in [0.3, 0.4) is 0 Å². The molecule has 78 valence electrons. The highest BCUT2D eigenvalue weighted by atomic mass is 15.1. The van der Waals surface area contributed by atoms with Crippen molar-refractivity contribution in [2.45, 2.75) is 0 Å². The van der Waals surface area contributed by atoms with Crippen LogP contribution in [0.15, 0.2) is 30.9 Å². The molecule has 4 heteroatoms. The Morgan fingerprint density at radius 2 is 2.13 bits per heavy atom. The topological polar surface area (TPSA) is 34.0 Å². The smallest absolute Gasteiger partial charge is 0.137 e. The predicted molar refractivity (Wildman–Crippen MR) is 60.8 cm³/mol.